The van der Waals surface area contributed by atoms with E-state index >= 15 is 0 Å². The van der Waals surface area contributed by atoms with Crippen molar-refractivity contribution in [2.45, 2.75) is 38.0 Å². The Balaban J connectivity index is 2.25. The molecule has 2 atom stereocenters. The van der Waals surface area contributed by atoms with Crippen molar-refractivity contribution in [2.75, 3.05) is 19.7 Å². The number of nitrogens with zero attached hydrogens (tertiary/aromatic N) is 1. The van der Waals surface area contributed by atoms with Crippen LogP contribution in [-0.4, -0.2) is 47.2 Å². The Morgan fingerprint density at radius 1 is 1.48 bits per heavy atom. The van der Waals surface area contributed by atoms with Gasteiger partial charge in [-0.05, 0) is 19.4 Å². The first-order chi connectivity index (χ1) is 9.91. The molecule has 1 aliphatic rings. The van der Waals surface area contributed by atoms with Gasteiger partial charge in [-0.1, -0.05) is 30.3 Å². The van der Waals surface area contributed by atoms with Crippen LogP contribution in [0.5, 0.6) is 0 Å². The third kappa shape index (κ3) is 4.27. The SMILES string of the molecule is CC1(C)CN(C(CC(=N)N)c2ccccc2)CC(CO)O1. The molecule has 0 saturated carbocycles. The summed E-state index contributed by atoms with van der Waals surface area (Å²) in [7, 11) is 0. The summed E-state index contributed by atoms with van der Waals surface area (Å²) in [5, 5.41) is 17.1. The molecule has 0 amide bonds. The zero-order chi connectivity index (χ0) is 15.5. The normalized spacial score (nSPS) is 23.7. The fourth-order valence-corrected chi connectivity index (χ4v) is 3.01. The Labute approximate surface area is 126 Å². The summed E-state index contributed by atoms with van der Waals surface area (Å²) in [5.74, 6) is 0.175. The van der Waals surface area contributed by atoms with Crippen LogP contribution >= 0.6 is 0 Å². The number of hydrogen-bond acceptors (Lipinski definition) is 4. The second-order valence-electron chi connectivity index (χ2n) is 6.27. The van der Waals surface area contributed by atoms with Gasteiger partial charge in [-0.15, -0.1) is 0 Å². The fourth-order valence-electron chi connectivity index (χ4n) is 3.01. The average molecular weight is 291 g/mol. The highest BCUT2D eigenvalue weighted by Gasteiger charge is 2.36. The van der Waals surface area contributed by atoms with Gasteiger partial charge in [-0.3, -0.25) is 10.3 Å². The van der Waals surface area contributed by atoms with Crippen LogP contribution in [0.4, 0.5) is 0 Å². The maximum atomic E-state index is 9.46. The molecule has 0 radical (unpaired) electrons. The molecule has 1 aromatic rings. The quantitative estimate of drug-likeness (QED) is 0.567. The minimum atomic E-state index is -0.324. The van der Waals surface area contributed by atoms with Crippen LogP contribution in [0, 0.1) is 5.41 Å². The Morgan fingerprint density at radius 3 is 2.71 bits per heavy atom. The predicted octanol–water partition coefficient (Wildman–Crippen LogP) is 1.53. The van der Waals surface area contributed by atoms with Crippen molar-refractivity contribution < 1.29 is 9.84 Å². The van der Waals surface area contributed by atoms with E-state index in [1.807, 2.05) is 32.0 Å². The van der Waals surface area contributed by atoms with Crippen LogP contribution in [0.1, 0.15) is 31.9 Å². The summed E-state index contributed by atoms with van der Waals surface area (Å²) in [5.41, 5.74) is 6.46. The zero-order valence-electron chi connectivity index (χ0n) is 12.7. The Hall–Kier alpha value is -1.43. The molecule has 0 spiro atoms. The Kier molecular flexibility index (Phi) is 4.98. The number of benzene rings is 1. The maximum Gasteiger partial charge on any atom is 0.0940 e. The average Bonchev–Trinajstić information content (AvgIpc) is 2.43. The molecule has 0 aromatic heterocycles. The lowest BCUT2D eigenvalue weighted by molar-refractivity contribution is -0.157. The zero-order valence-corrected chi connectivity index (χ0v) is 12.7. The van der Waals surface area contributed by atoms with Crippen LogP contribution in [0.2, 0.25) is 0 Å². The number of ether oxygens (including phenoxy) is 1. The third-order valence-corrected chi connectivity index (χ3v) is 3.75. The molecule has 1 heterocycles. The molecule has 2 unspecified atom stereocenters. The van der Waals surface area contributed by atoms with Gasteiger partial charge >= 0.3 is 0 Å². The number of morpholine rings is 1. The van der Waals surface area contributed by atoms with Gasteiger partial charge < -0.3 is 15.6 Å². The first kappa shape index (κ1) is 15.9. The first-order valence-corrected chi connectivity index (χ1v) is 7.32. The van der Waals surface area contributed by atoms with Gasteiger partial charge in [0.15, 0.2) is 0 Å². The maximum absolute atomic E-state index is 9.46. The highest BCUT2D eigenvalue weighted by atomic mass is 16.5. The molecular formula is C16H25N3O2. The number of aliphatic hydroxyl groups excluding tert-OH is 1. The molecule has 5 nitrogen and oxygen atoms in total. The smallest absolute Gasteiger partial charge is 0.0940 e. The van der Waals surface area contributed by atoms with E-state index in [0.717, 1.165) is 12.1 Å². The monoisotopic (exact) mass is 291 g/mol. The highest BCUT2D eigenvalue weighted by Crippen LogP contribution is 2.31. The molecule has 4 N–H and O–H groups in total. The molecule has 1 saturated heterocycles. The van der Waals surface area contributed by atoms with Crippen LogP contribution in [0.25, 0.3) is 0 Å². The number of rotatable bonds is 5. The summed E-state index contributed by atoms with van der Waals surface area (Å²) >= 11 is 0. The summed E-state index contributed by atoms with van der Waals surface area (Å²) in [6, 6.07) is 10.1. The summed E-state index contributed by atoms with van der Waals surface area (Å²) in [6.45, 7) is 5.44. The van der Waals surface area contributed by atoms with E-state index in [9.17, 15) is 5.11 Å². The third-order valence-electron chi connectivity index (χ3n) is 3.75. The minimum absolute atomic E-state index is 0.00150. The van der Waals surface area contributed by atoms with Crippen molar-refractivity contribution in [1.82, 2.24) is 4.90 Å². The Bertz CT molecular complexity index is 476. The van der Waals surface area contributed by atoms with Crippen molar-refractivity contribution in [3.63, 3.8) is 0 Å². The molecule has 1 aliphatic heterocycles. The van der Waals surface area contributed by atoms with E-state index < -0.39 is 0 Å². The lowest BCUT2D eigenvalue weighted by Gasteiger charge is -2.45. The lowest BCUT2D eigenvalue weighted by Crippen LogP contribution is -2.55. The van der Waals surface area contributed by atoms with Gasteiger partial charge in [0.1, 0.15) is 0 Å². The molecule has 116 valence electrons. The molecule has 2 rings (SSSR count). The lowest BCUT2D eigenvalue weighted by atomic mass is 9.96. The van der Waals surface area contributed by atoms with Crippen molar-refractivity contribution >= 4 is 5.84 Å². The second-order valence-corrected chi connectivity index (χ2v) is 6.27. The topological polar surface area (TPSA) is 82.6 Å². The molecular weight excluding hydrogens is 266 g/mol. The van der Waals surface area contributed by atoms with E-state index in [2.05, 4.69) is 17.0 Å². The van der Waals surface area contributed by atoms with E-state index in [4.69, 9.17) is 15.9 Å². The number of nitrogens with two attached hydrogens (primary N) is 1. The van der Waals surface area contributed by atoms with Gasteiger partial charge in [0, 0.05) is 25.6 Å². The highest BCUT2D eigenvalue weighted by molar-refractivity contribution is 5.77. The molecule has 0 aliphatic carbocycles. The van der Waals surface area contributed by atoms with Crippen molar-refractivity contribution in [3.05, 3.63) is 35.9 Å². The largest absolute Gasteiger partial charge is 0.394 e. The number of amidine groups is 1. The van der Waals surface area contributed by atoms with E-state index in [-0.39, 0.29) is 30.2 Å². The van der Waals surface area contributed by atoms with Crippen molar-refractivity contribution in [2.24, 2.45) is 5.73 Å². The van der Waals surface area contributed by atoms with Crippen LogP contribution < -0.4 is 5.73 Å². The van der Waals surface area contributed by atoms with Crippen LogP contribution in [0.3, 0.4) is 0 Å². The summed E-state index contributed by atoms with van der Waals surface area (Å²) in [4.78, 5) is 2.26. The molecule has 1 aromatic carbocycles. The molecule has 5 heteroatoms. The van der Waals surface area contributed by atoms with Gasteiger partial charge in [0.2, 0.25) is 0 Å². The van der Waals surface area contributed by atoms with E-state index in [0.29, 0.717) is 13.0 Å². The van der Waals surface area contributed by atoms with E-state index in [1.165, 1.54) is 0 Å². The van der Waals surface area contributed by atoms with Gasteiger partial charge in [-0.25, -0.2) is 0 Å². The fraction of sp³-hybridized carbons (Fsp3) is 0.562. The van der Waals surface area contributed by atoms with Gasteiger partial charge in [0.25, 0.3) is 0 Å². The molecule has 21 heavy (non-hydrogen) atoms. The number of aliphatic hydroxyl groups is 1. The second kappa shape index (κ2) is 6.56. The number of hydrogen-bond donors (Lipinski definition) is 3. The first-order valence-electron chi connectivity index (χ1n) is 7.32. The van der Waals surface area contributed by atoms with Crippen molar-refractivity contribution in [3.8, 4) is 0 Å². The van der Waals surface area contributed by atoms with Crippen LogP contribution in [0.15, 0.2) is 30.3 Å². The minimum Gasteiger partial charge on any atom is -0.394 e. The standard InChI is InChI=1S/C16H25N3O2/c1-16(2)11-19(9-13(10-20)21-16)14(8-15(17)18)12-6-4-3-5-7-12/h3-7,13-14,20H,8-11H2,1-2H3,(H3,17,18). The number of nitrogens with one attached hydrogen (secondary N) is 1. The molecule has 0 bridgehead atoms. The summed E-state index contributed by atoms with van der Waals surface area (Å²) < 4.78 is 5.87. The predicted molar refractivity (Wildman–Crippen MR) is 83.3 cm³/mol. The Morgan fingerprint density at radius 2 is 2.14 bits per heavy atom. The molecule has 1 fully saturated rings. The van der Waals surface area contributed by atoms with Gasteiger partial charge in [0.05, 0.1) is 24.1 Å². The van der Waals surface area contributed by atoms with Gasteiger partial charge in [-0.2, -0.15) is 0 Å². The summed E-state index contributed by atoms with van der Waals surface area (Å²) in [6.07, 6.45) is 0.282. The van der Waals surface area contributed by atoms with E-state index in [1.54, 1.807) is 0 Å². The van der Waals surface area contributed by atoms with Crippen LogP contribution in [-0.2, 0) is 4.74 Å². The van der Waals surface area contributed by atoms with Crippen molar-refractivity contribution in [1.29, 1.82) is 5.41 Å².